The van der Waals surface area contributed by atoms with E-state index in [0.717, 1.165) is 41.1 Å². The predicted molar refractivity (Wildman–Crippen MR) is 106 cm³/mol. The lowest BCUT2D eigenvalue weighted by atomic mass is 10.1. The number of nitrogens with one attached hydrogen (secondary N) is 1. The smallest absolute Gasteiger partial charge is 0.258 e. The topological polar surface area (TPSA) is 58.6 Å². The number of amides is 2. The molecule has 27 heavy (non-hydrogen) atoms. The first kappa shape index (κ1) is 19.0. The summed E-state index contributed by atoms with van der Waals surface area (Å²) in [7, 11) is 0. The molecule has 0 atom stereocenters. The minimum absolute atomic E-state index is 0.00883. The molecule has 2 aromatic rings. The maximum atomic E-state index is 12.1. The predicted octanol–water partition coefficient (Wildman–Crippen LogP) is 3.43. The second-order valence-electron chi connectivity index (χ2n) is 7.11. The lowest BCUT2D eigenvalue weighted by Gasteiger charge is -2.16. The zero-order valence-corrected chi connectivity index (χ0v) is 16.2. The molecular formula is C22H26N2O3. The molecule has 0 aromatic heterocycles. The van der Waals surface area contributed by atoms with Crippen molar-refractivity contribution in [1.29, 1.82) is 0 Å². The van der Waals surface area contributed by atoms with E-state index in [0.29, 0.717) is 13.0 Å². The standard InChI is InChI=1S/C22H26N2O3/c1-15-11-16(2)22(17(3)12-15)27-14-20(25)23-13-18-6-8-19(9-7-18)24-10-4-5-21(24)26/h6-9,11-12H,4-5,10,13-14H2,1-3H3,(H,23,25). The highest BCUT2D eigenvalue weighted by Crippen LogP contribution is 2.24. The average molecular weight is 366 g/mol. The van der Waals surface area contributed by atoms with Crippen molar-refractivity contribution in [2.45, 2.75) is 40.2 Å². The number of rotatable bonds is 6. The summed E-state index contributed by atoms with van der Waals surface area (Å²) < 4.78 is 5.72. The van der Waals surface area contributed by atoms with Crippen LogP contribution in [0.15, 0.2) is 36.4 Å². The first-order valence-electron chi connectivity index (χ1n) is 9.30. The molecule has 2 aromatic carbocycles. The lowest BCUT2D eigenvalue weighted by Crippen LogP contribution is -2.28. The van der Waals surface area contributed by atoms with Crippen LogP contribution in [0.4, 0.5) is 5.69 Å². The van der Waals surface area contributed by atoms with Gasteiger partial charge in [0.15, 0.2) is 6.61 Å². The molecule has 1 N–H and O–H groups in total. The van der Waals surface area contributed by atoms with Gasteiger partial charge in [-0.1, -0.05) is 29.8 Å². The fraction of sp³-hybridized carbons (Fsp3) is 0.364. The van der Waals surface area contributed by atoms with Crippen molar-refractivity contribution in [3.8, 4) is 5.75 Å². The van der Waals surface area contributed by atoms with E-state index in [1.807, 2.05) is 62.1 Å². The maximum Gasteiger partial charge on any atom is 0.258 e. The molecule has 142 valence electrons. The number of ether oxygens (including phenoxy) is 1. The van der Waals surface area contributed by atoms with Crippen molar-refractivity contribution in [2.24, 2.45) is 0 Å². The molecule has 5 heteroatoms. The van der Waals surface area contributed by atoms with Gasteiger partial charge in [-0.25, -0.2) is 0 Å². The summed E-state index contributed by atoms with van der Waals surface area (Å²) in [5, 5.41) is 2.87. The first-order chi connectivity index (χ1) is 12.9. The molecule has 1 aliphatic rings. The number of carbonyl (C=O) groups excluding carboxylic acids is 2. The molecule has 1 saturated heterocycles. The molecule has 1 aliphatic heterocycles. The molecular weight excluding hydrogens is 340 g/mol. The van der Waals surface area contributed by atoms with Gasteiger partial charge in [-0.3, -0.25) is 9.59 Å². The fourth-order valence-corrected chi connectivity index (χ4v) is 3.50. The zero-order chi connectivity index (χ0) is 19.4. The average Bonchev–Trinajstić information content (AvgIpc) is 3.05. The molecule has 0 radical (unpaired) electrons. The number of carbonyl (C=O) groups is 2. The van der Waals surface area contributed by atoms with Gasteiger partial charge in [-0.15, -0.1) is 0 Å². The summed E-state index contributed by atoms with van der Waals surface area (Å²) >= 11 is 0. The quantitative estimate of drug-likeness (QED) is 0.852. The van der Waals surface area contributed by atoms with Crippen LogP contribution in [0.3, 0.4) is 0 Å². The van der Waals surface area contributed by atoms with E-state index in [9.17, 15) is 9.59 Å². The van der Waals surface area contributed by atoms with Gasteiger partial charge < -0.3 is 15.0 Å². The Hall–Kier alpha value is -2.82. The van der Waals surface area contributed by atoms with Gasteiger partial charge in [0.05, 0.1) is 0 Å². The summed E-state index contributed by atoms with van der Waals surface area (Å²) in [6, 6.07) is 11.8. The van der Waals surface area contributed by atoms with E-state index in [1.165, 1.54) is 5.56 Å². The number of benzene rings is 2. The third-order valence-electron chi connectivity index (χ3n) is 4.76. The monoisotopic (exact) mass is 366 g/mol. The lowest BCUT2D eigenvalue weighted by molar-refractivity contribution is -0.123. The molecule has 3 rings (SSSR count). The Morgan fingerprint density at radius 1 is 1.11 bits per heavy atom. The molecule has 0 aliphatic carbocycles. The molecule has 2 amide bonds. The summed E-state index contributed by atoms with van der Waals surface area (Å²) in [5.41, 5.74) is 5.16. The SMILES string of the molecule is Cc1cc(C)c(OCC(=O)NCc2ccc(N3CCCC3=O)cc2)c(C)c1. The highest BCUT2D eigenvalue weighted by Gasteiger charge is 2.21. The van der Waals surface area contributed by atoms with Crippen molar-refractivity contribution >= 4 is 17.5 Å². The molecule has 1 fully saturated rings. The van der Waals surface area contributed by atoms with Crippen molar-refractivity contribution in [3.63, 3.8) is 0 Å². The van der Waals surface area contributed by atoms with Gasteiger partial charge >= 0.3 is 0 Å². The van der Waals surface area contributed by atoms with Gasteiger partial charge in [-0.05, 0) is 56.0 Å². The molecule has 0 unspecified atom stereocenters. The van der Waals surface area contributed by atoms with Gasteiger partial charge in [0.2, 0.25) is 5.91 Å². The van der Waals surface area contributed by atoms with Crippen LogP contribution in [0.1, 0.15) is 35.1 Å². The van der Waals surface area contributed by atoms with E-state index in [1.54, 1.807) is 0 Å². The number of nitrogens with zero attached hydrogens (tertiary/aromatic N) is 1. The second-order valence-corrected chi connectivity index (χ2v) is 7.11. The van der Waals surface area contributed by atoms with Crippen molar-refractivity contribution < 1.29 is 14.3 Å². The molecule has 0 saturated carbocycles. The summed E-state index contributed by atoms with van der Waals surface area (Å²) in [5.74, 6) is 0.790. The van der Waals surface area contributed by atoms with Crippen LogP contribution in [0.2, 0.25) is 0 Å². The molecule has 0 bridgehead atoms. The Morgan fingerprint density at radius 2 is 1.78 bits per heavy atom. The van der Waals surface area contributed by atoms with Gasteiger partial charge in [-0.2, -0.15) is 0 Å². The van der Waals surface area contributed by atoms with Gasteiger partial charge in [0.25, 0.3) is 5.91 Å². The number of hydrogen-bond acceptors (Lipinski definition) is 3. The highest BCUT2D eigenvalue weighted by molar-refractivity contribution is 5.95. The van der Waals surface area contributed by atoms with Gasteiger partial charge in [0.1, 0.15) is 5.75 Å². The largest absolute Gasteiger partial charge is 0.483 e. The van der Waals surface area contributed by atoms with Crippen LogP contribution in [-0.2, 0) is 16.1 Å². The summed E-state index contributed by atoms with van der Waals surface area (Å²) in [6.45, 7) is 7.22. The molecule has 0 spiro atoms. The Kier molecular flexibility index (Phi) is 5.79. The van der Waals surface area contributed by atoms with Crippen LogP contribution in [0, 0.1) is 20.8 Å². The normalized spacial score (nSPS) is 13.7. The second kappa shape index (κ2) is 8.25. The number of anilines is 1. The summed E-state index contributed by atoms with van der Waals surface area (Å²) in [6.07, 6.45) is 1.54. The van der Waals surface area contributed by atoms with Crippen LogP contribution >= 0.6 is 0 Å². The van der Waals surface area contributed by atoms with E-state index < -0.39 is 0 Å². The van der Waals surface area contributed by atoms with Crippen LogP contribution in [-0.4, -0.2) is 25.0 Å². The van der Waals surface area contributed by atoms with Gasteiger partial charge in [0, 0.05) is 25.2 Å². The minimum Gasteiger partial charge on any atom is -0.483 e. The first-order valence-corrected chi connectivity index (χ1v) is 9.30. The van der Waals surface area contributed by atoms with Crippen LogP contribution < -0.4 is 15.0 Å². The maximum absolute atomic E-state index is 12.1. The van der Waals surface area contributed by atoms with Crippen molar-refractivity contribution in [3.05, 3.63) is 58.7 Å². The molecule has 5 nitrogen and oxygen atoms in total. The highest BCUT2D eigenvalue weighted by atomic mass is 16.5. The van der Waals surface area contributed by atoms with Crippen molar-refractivity contribution in [1.82, 2.24) is 5.32 Å². The Balaban J connectivity index is 1.50. The number of hydrogen-bond donors (Lipinski definition) is 1. The Morgan fingerprint density at radius 3 is 2.37 bits per heavy atom. The Labute approximate surface area is 160 Å². The van der Waals surface area contributed by atoms with Crippen LogP contribution in [0.5, 0.6) is 5.75 Å². The van der Waals surface area contributed by atoms with E-state index in [-0.39, 0.29) is 18.4 Å². The van der Waals surface area contributed by atoms with E-state index in [4.69, 9.17) is 4.74 Å². The third kappa shape index (κ3) is 4.67. The zero-order valence-electron chi connectivity index (χ0n) is 16.2. The van der Waals surface area contributed by atoms with E-state index >= 15 is 0 Å². The third-order valence-corrected chi connectivity index (χ3v) is 4.76. The fourth-order valence-electron chi connectivity index (χ4n) is 3.50. The van der Waals surface area contributed by atoms with E-state index in [2.05, 4.69) is 5.32 Å². The summed E-state index contributed by atoms with van der Waals surface area (Å²) in [4.78, 5) is 25.7. The van der Waals surface area contributed by atoms with Crippen molar-refractivity contribution in [2.75, 3.05) is 18.1 Å². The van der Waals surface area contributed by atoms with Crippen LogP contribution in [0.25, 0.3) is 0 Å². The minimum atomic E-state index is -0.159. The molecule has 1 heterocycles. The number of aryl methyl sites for hydroxylation is 3. The Bertz CT molecular complexity index is 820.